The molecule has 3 rings (SSSR count). The molecule has 0 saturated carbocycles. The summed E-state index contributed by atoms with van der Waals surface area (Å²) in [4.78, 5) is 40.2. The molecule has 1 aromatic heterocycles. The summed E-state index contributed by atoms with van der Waals surface area (Å²) >= 11 is 2.70. The first-order valence-corrected chi connectivity index (χ1v) is 8.73. The van der Waals surface area contributed by atoms with Crippen LogP contribution in [0.25, 0.3) is 10.4 Å². The lowest BCUT2D eigenvalue weighted by Crippen LogP contribution is -2.70. The Morgan fingerprint density at radius 2 is 2.33 bits per heavy atom. The van der Waals surface area contributed by atoms with Crippen LogP contribution in [0, 0.1) is 0 Å². The van der Waals surface area contributed by atoms with Crippen molar-refractivity contribution in [1.29, 1.82) is 0 Å². The van der Waals surface area contributed by atoms with Crippen LogP contribution < -0.4 is 5.32 Å². The van der Waals surface area contributed by atoms with Gasteiger partial charge in [-0.2, -0.15) is 0 Å². The molecule has 9 nitrogen and oxygen atoms in total. The largest absolute Gasteiger partial charge is 0.477 e. The van der Waals surface area contributed by atoms with Crippen molar-refractivity contribution in [3.05, 3.63) is 44.2 Å². The number of nitrogens with zero attached hydrogens (tertiary/aromatic N) is 4. The topological polar surface area (TPSA) is 135 Å². The number of carboxylic acid groups (broad SMARTS) is 1. The predicted octanol–water partition coefficient (Wildman–Crippen LogP) is 1.30. The van der Waals surface area contributed by atoms with Crippen molar-refractivity contribution in [1.82, 2.24) is 10.2 Å². The third-order valence-corrected chi connectivity index (χ3v) is 5.69. The number of amides is 2. The highest BCUT2D eigenvalue weighted by Gasteiger charge is 2.54. The van der Waals surface area contributed by atoms with Gasteiger partial charge in [-0.15, -0.1) is 23.1 Å². The zero-order valence-corrected chi connectivity index (χ0v) is 13.7. The van der Waals surface area contributed by atoms with Gasteiger partial charge in [0.05, 0.1) is 12.1 Å². The quantitative estimate of drug-likeness (QED) is 0.351. The molecule has 2 atom stereocenters. The lowest BCUT2D eigenvalue weighted by Gasteiger charge is -2.49. The van der Waals surface area contributed by atoms with Crippen molar-refractivity contribution in [3.63, 3.8) is 0 Å². The summed E-state index contributed by atoms with van der Waals surface area (Å²) in [7, 11) is 0. The van der Waals surface area contributed by atoms with Crippen LogP contribution in [0.2, 0.25) is 0 Å². The number of fused-ring (bicyclic) bond motifs is 1. The Balaban J connectivity index is 1.73. The first-order valence-electron chi connectivity index (χ1n) is 6.81. The van der Waals surface area contributed by atoms with Gasteiger partial charge in [-0.05, 0) is 17.0 Å². The Hall–Kier alpha value is -2.49. The summed E-state index contributed by atoms with van der Waals surface area (Å²) in [5, 5.41) is 16.6. The summed E-state index contributed by atoms with van der Waals surface area (Å²) < 4.78 is 0. The van der Waals surface area contributed by atoms with E-state index in [2.05, 4.69) is 15.3 Å². The van der Waals surface area contributed by atoms with E-state index in [1.165, 1.54) is 23.1 Å². The molecule has 124 valence electrons. The first-order chi connectivity index (χ1) is 11.5. The number of aliphatic carboxylic acids is 1. The molecule has 1 aromatic rings. The molecule has 0 aliphatic carbocycles. The normalized spacial score (nSPS) is 22.3. The molecule has 1 saturated heterocycles. The number of nitrogens with one attached hydrogen (secondary N) is 1. The summed E-state index contributed by atoms with van der Waals surface area (Å²) in [6.07, 6.45) is 0.171. The van der Waals surface area contributed by atoms with E-state index in [1.807, 2.05) is 17.5 Å². The van der Waals surface area contributed by atoms with Crippen molar-refractivity contribution in [2.45, 2.75) is 17.8 Å². The van der Waals surface area contributed by atoms with Crippen LogP contribution in [-0.4, -0.2) is 45.0 Å². The van der Waals surface area contributed by atoms with Gasteiger partial charge in [-0.1, -0.05) is 11.2 Å². The Kier molecular flexibility index (Phi) is 4.47. The molecule has 2 amide bonds. The minimum absolute atomic E-state index is 0.00274. The lowest BCUT2D eigenvalue weighted by atomic mass is 10.0. The minimum Gasteiger partial charge on any atom is -0.477 e. The highest BCUT2D eigenvalue weighted by atomic mass is 32.2. The molecule has 24 heavy (non-hydrogen) atoms. The number of carbonyl (C=O) groups is 3. The molecule has 2 aliphatic heterocycles. The van der Waals surface area contributed by atoms with Crippen LogP contribution in [0.1, 0.15) is 4.88 Å². The fraction of sp³-hybridized carbons (Fsp3) is 0.308. The monoisotopic (exact) mass is 365 g/mol. The van der Waals surface area contributed by atoms with E-state index >= 15 is 0 Å². The van der Waals surface area contributed by atoms with Gasteiger partial charge < -0.3 is 10.4 Å². The second kappa shape index (κ2) is 6.56. The number of thioether (sulfide) groups is 1. The minimum atomic E-state index is -1.33. The van der Waals surface area contributed by atoms with E-state index in [0.29, 0.717) is 0 Å². The molecular weight excluding hydrogens is 354 g/mol. The zero-order valence-electron chi connectivity index (χ0n) is 12.1. The third kappa shape index (κ3) is 2.84. The Bertz CT molecular complexity index is 784. The summed E-state index contributed by atoms with van der Waals surface area (Å²) in [5.74, 6) is -1.98. The highest BCUT2D eigenvalue weighted by Crippen LogP contribution is 2.40. The molecule has 11 heteroatoms. The smallest absolute Gasteiger partial charge is 0.352 e. The van der Waals surface area contributed by atoms with E-state index in [4.69, 9.17) is 5.53 Å². The third-order valence-electron chi connectivity index (χ3n) is 3.55. The average Bonchev–Trinajstić information content (AvgIpc) is 3.05. The number of carboxylic acids is 1. The predicted molar refractivity (Wildman–Crippen MR) is 86.9 cm³/mol. The molecular formula is C13H11N5O4S2. The van der Waals surface area contributed by atoms with Crippen molar-refractivity contribution in [3.8, 4) is 0 Å². The van der Waals surface area contributed by atoms with Gasteiger partial charge in [0.25, 0.3) is 5.91 Å². The Morgan fingerprint density at radius 3 is 2.96 bits per heavy atom. The summed E-state index contributed by atoms with van der Waals surface area (Å²) in [6.45, 7) is 0. The lowest BCUT2D eigenvalue weighted by molar-refractivity contribution is -0.150. The van der Waals surface area contributed by atoms with Gasteiger partial charge >= 0.3 is 5.97 Å². The van der Waals surface area contributed by atoms with E-state index in [-0.39, 0.29) is 29.5 Å². The standard InChI is InChI=1S/C13H11N5O4S2/c14-17-16-7-5-24-12-9(11(20)18(12)10(7)13(21)22)15-8(19)4-6-2-1-3-23-6/h1-3,9,12H,4-5H2,(H,15,19)(H,21,22)/t9-,12-/m1/s1. The van der Waals surface area contributed by atoms with Crippen molar-refractivity contribution in [2.24, 2.45) is 5.11 Å². The Morgan fingerprint density at radius 1 is 1.54 bits per heavy atom. The van der Waals surface area contributed by atoms with Gasteiger partial charge in [0.2, 0.25) is 5.91 Å². The maximum atomic E-state index is 12.3. The van der Waals surface area contributed by atoms with Crippen molar-refractivity contribution in [2.75, 3.05) is 5.75 Å². The fourth-order valence-corrected chi connectivity index (χ4v) is 4.49. The maximum Gasteiger partial charge on any atom is 0.352 e. The van der Waals surface area contributed by atoms with E-state index in [0.717, 1.165) is 9.78 Å². The van der Waals surface area contributed by atoms with Gasteiger partial charge in [-0.25, -0.2) is 4.79 Å². The molecule has 2 aliphatic rings. The molecule has 0 radical (unpaired) electrons. The molecule has 0 bridgehead atoms. The fourth-order valence-electron chi connectivity index (χ4n) is 2.53. The molecule has 0 aromatic carbocycles. The molecule has 2 N–H and O–H groups in total. The number of β-lactam (4-membered cyclic amide) rings is 1. The van der Waals surface area contributed by atoms with Crippen LogP contribution in [0.15, 0.2) is 34.0 Å². The summed E-state index contributed by atoms with van der Waals surface area (Å²) in [5.41, 5.74) is 8.20. The number of carbonyl (C=O) groups excluding carboxylic acids is 2. The van der Waals surface area contributed by atoms with Crippen LogP contribution >= 0.6 is 23.1 Å². The average molecular weight is 365 g/mol. The molecule has 0 unspecified atom stereocenters. The molecule has 0 spiro atoms. The number of thiophene rings is 1. The van der Waals surface area contributed by atoms with Crippen molar-refractivity contribution >= 4 is 40.9 Å². The summed E-state index contributed by atoms with van der Waals surface area (Å²) in [6, 6.07) is 2.89. The zero-order chi connectivity index (χ0) is 17.3. The van der Waals surface area contributed by atoms with E-state index in [1.54, 1.807) is 0 Å². The second-order valence-corrected chi connectivity index (χ2v) is 7.14. The SMILES string of the molecule is [N-]=[N+]=NC1=C(C(=O)O)N2C(=O)[C@@H](NC(=O)Cc3cccs3)[C@H]2SC1. The molecule has 1 fully saturated rings. The number of hydrogen-bond donors (Lipinski definition) is 2. The van der Waals surface area contributed by atoms with E-state index < -0.39 is 23.3 Å². The van der Waals surface area contributed by atoms with Gasteiger partial charge in [0, 0.05) is 15.5 Å². The van der Waals surface area contributed by atoms with Crippen LogP contribution in [0.5, 0.6) is 0 Å². The van der Waals surface area contributed by atoms with Crippen molar-refractivity contribution < 1.29 is 19.5 Å². The first kappa shape index (κ1) is 16.4. The number of azide groups is 1. The maximum absolute atomic E-state index is 12.3. The van der Waals surface area contributed by atoms with Crippen LogP contribution in [-0.2, 0) is 20.8 Å². The Labute approximate surface area is 144 Å². The van der Waals surface area contributed by atoms with Crippen LogP contribution in [0.4, 0.5) is 0 Å². The second-order valence-electron chi connectivity index (χ2n) is 5.00. The highest BCUT2D eigenvalue weighted by molar-refractivity contribution is 8.00. The van der Waals surface area contributed by atoms with Gasteiger partial charge in [0.1, 0.15) is 17.1 Å². The molecule has 3 heterocycles. The van der Waals surface area contributed by atoms with Gasteiger partial charge in [0.15, 0.2) is 0 Å². The van der Waals surface area contributed by atoms with Gasteiger partial charge in [-0.3, -0.25) is 14.5 Å². The number of hydrogen-bond acceptors (Lipinski definition) is 6. The number of rotatable bonds is 5. The van der Waals surface area contributed by atoms with Crippen LogP contribution in [0.3, 0.4) is 0 Å². The van der Waals surface area contributed by atoms with E-state index in [9.17, 15) is 19.5 Å².